The summed E-state index contributed by atoms with van der Waals surface area (Å²) in [6.45, 7) is 7.36. The van der Waals surface area contributed by atoms with Gasteiger partial charge in [-0.1, -0.05) is 37.3 Å². The minimum absolute atomic E-state index is 0.637. The first-order valence-corrected chi connectivity index (χ1v) is 9.11. The molecule has 0 saturated carbocycles. The molecule has 3 saturated heterocycles. The lowest BCUT2D eigenvalue weighted by molar-refractivity contribution is 0.122. The van der Waals surface area contributed by atoms with E-state index in [9.17, 15) is 0 Å². The van der Waals surface area contributed by atoms with Gasteiger partial charge in [-0.3, -0.25) is 9.80 Å². The summed E-state index contributed by atoms with van der Waals surface area (Å²) in [5.41, 5.74) is 1.42. The highest BCUT2D eigenvalue weighted by Crippen LogP contribution is 2.29. The van der Waals surface area contributed by atoms with Crippen molar-refractivity contribution in [3.8, 4) is 0 Å². The van der Waals surface area contributed by atoms with E-state index in [1.165, 1.54) is 24.9 Å². The lowest BCUT2D eigenvalue weighted by Crippen LogP contribution is -2.43. The Morgan fingerprint density at radius 1 is 1.00 bits per heavy atom. The Kier molecular flexibility index (Phi) is 4.63. The van der Waals surface area contributed by atoms with Crippen molar-refractivity contribution >= 4 is 0 Å². The summed E-state index contributed by atoms with van der Waals surface area (Å²) in [6.07, 6.45) is 3.46. The molecule has 3 aliphatic heterocycles. The Bertz CT molecular complexity index is 656. The van der Waals surface area contributed by atoms with Crippen LogP contribution in [0, 0.1) is 5.92 Å². The van der Waals surface area contributed by atoms with Crippen LogP contribution in [0.25, 0.3) is 0 Å². The SMILES string of the molecule is CCc1nnc(CN2C[C@H]3CC[C@@H](C2)N(Cc2ccccc2)C3)o1. The number of piperidine rings is 1. The van der Waals surface area contributed by atoms with E-state index in [4.69, 9.17) is 4.42 Å². The van der Waals surface area contributed by atoms with Gasteiger partial charge in [0, 0.05) is 38.6 Å². The van der Waals surface area contributed by atoms with Gasteiger partial charge >= 0.3 is 0 Å². The van der Waals surface area contributed by atoms with E-state index in [1.807, 2.05) is 6.92 Å². The van der Waals surface area contributed by atoms with Crippen molar-refractivity contribution in [3.05, 3.63) is 47.7 Å². The Labute approximate surface area is 143 Å². The Morgan fingerprint density at radius 2 is 1.83 bits per heavy atom. The van der Waals surface area contributed by atoms with Crippen LogP contribution in [0.5, 0.6) is 0 Å². The highest BCUT2D eigenvalue weighted by molar-refractivity contribution is 5.15. The molecular formula is C19H26N4O. The predicted molar refractivity (Wildman–Crippen MR) is 92.3 cm³/mol. The highest BCUT2D eigenvalue weighted by Gasteiger charge is 2.35. The van der Waals surface area contributed by atoms with Gasteiger partial charge in [-0.05, 0) is 24.3 Å². The molecule has 3 aliphatic rings. The first-order chi connectivity index (χ1) is 11.8. The van der Waals surface area contributed by atoms with Gasteiger partial charge in [-0.15, -0.1) is 10.2 Å². The smallest absolute Gasteiger partial charge is 0.230 e. The van der Waals surface area contributed by atoms with Crippen LogP contribution in [0.1, 0.15) is 37.1 Å². The van der Waals surface area contributed by atoms with Gasteiger partial charge in [0.15, 0.2) is 0 Å². The first kappa shape index (κ1) is 15.8. The van der Waals surface area contributed by atoms with Crippen LogP contribution in [0.2, 0.25) is 0 Å². The van der Waals surface area contributed by atoms with E-state index in [0.717, 1.165) is 50.3 Å². The van der Waals surface area contributed by atoms with Crippen molar-refractivity contribution in [2.75, 3.05) is 19.6 Å². The van der Waals surface area contributed by atoms with Crippen molar-refractivity contribution in [3.63, 3.8) is 0 Å². The molecule has 1 aromatic carbocycles. The van der Waals surface area contributed by atoms with Crippen molar-refractivity contribution < 1.29 is 4.42 Å². The Balaban J connectivity index is 1.42. The zero-order valence-electron chi connectivity index (χ0n) is 14.4. The summed E-state index contributed by atoms with van der Waals surface area (Å²) in [5.74, 6) is 2.26. The molecule has 24 heavy (non-hydrogen) atoms. The van der Waals surface area contributed by atoms with Crippen LogP contribution >= 0.6 is 0 Å². The molecular weight excluding hydrogens is 300 g/mol. The van der Waals surface area contributed by atoms with E-state index >= 15 is 0 Å². The third-order valence-corrected chi connectivity index (χ3v) is 5.30. The summed E-state index contributed by atoms with van der Waals surface area (Å²) in [4.78, 5) is 5.19. The summed E-state index contributed by atoms with van der Waals surface area (Å²) in [6, 6.07) is 11.5. The normalized spacial score (nSPS) is 25.0. The highest BCUT2D eigenvalue weighted by atomic mass is 16.4. The van der Waals surface area contributed by atoms with Gasteiger partial charge in [0.2, 0.25) is 11.8 Å². The quantitative estimate of drug-likeness (QED) is 0.845. The van der Waals surface area contributed by atoms with Crippen molar-refractivity contribution in [1.29, 1.82) is 0 Å². The zero-order valence-corrected chi connectivity index (χ0v) is 14.4. The van der Waals surface area contributed by atoms with E-state index in [-0.39, 0.29) is 0 Å². The van der Waals surface area contributed by atoms with Gasteiger partial charge < -0.3 is 4.42 Å². The second-order valence-corrected chi connectivity index (χ2v) is 7.15. The fourth-order valence-corrected chi connectivity index (χ4v) is 4.10. The largest absolute Gasteiger partial charge is 0.424 e. The van der Waals surface area contributed by atoms with Gasteiger partial charge in [0.1, 0.15) is 0 Å². The monoisotopic (exact) mass is 326 g/mol. The molecule has 0 spiro atoms. The van der Waals surface area contributed by atoms with Crippen LogP contribution in [0.4, 0.5) is 0 Å². The van der Waals surface area contributed by atoms with Crippen molar-refractivity contribution in [2.45, 2.75) is 45.3 Å². The summed E-state index contributed by atoms with van der Waals surface area (Å²) in [5, 5.41) is 8.29. The topological polar surface area (TPSA) is 45.4 Å². The number of rotatable bonds is 5. The number of hydrogen-bond donors (Lipinski definition) is 0. The van der Waals surface area contributed by atoms with Crippen LogP contribution in [-0.2, 0) is 19.5 Å². The fraction of sp³-hybridized carbons (Fsp3) is 0.579. The third kappa shape index (κ3) is 3.52. The molecule has 128 valence electrons. The molecule has 1 aromatic heterocycles. The molecule has 2 atom stereocenters. The first-order valence-electron chi connectivity index (χ1n) is 9.11. The number of benzene rings is 1. The lowest BCUT2D eigenvalue weighted by Gasteiger charge is -2.36. The number of hydrogen-bond acceptors (Lipinski definition) is 5. The zero-order chi connectivity index (χ0) is 16.4. The average Bonchev–Trinajstić information content (AvgIpc) is 2.88. The second kappa shape index (κ2) is 7.03. The number of nitrogens with zero attached hydrogens (tertiary/aromatic N) is 4. The molecule has 3 fully saturated rings. The molecule has 5 nitrogen and oxygen atoms in total. The summed E-state index contributed by atoms with van der Waals surface area (Å²) >= 11 is 0. The molecule has 0 aliphatic carbocycles. The Hall–Kier alpha value is -1.72. The molecule has 4 heterocycles. The number of aromatic nitrogens is 2. The minimum atomic E-state index is 0.637. The van der Waals surface area contributed by atoms with E-state index in [0.29, 0.717) is 6.04 Å². The van der Waals surface area contributed by atoms with E-state index in [1.54, 1.807) is 0 Å². The standard InChI is InChI=1S/C19H26N4O/c1-2-18-20-21-19(24-18)14-22-10-16-8-9-17(13-22)23(12-16)11-15-6-4-3-5-7-15/h3-7,16-17H,2,8-14H2,1H3/t16-,17+/m1/s1. The molecule has 5 rings (SSSR count). The predicted octanol–water partition coefficient (Wildman–Crippen LogP) is 2.73. The van der Waals surface area contributed by atoms with Gasteiger partial charge in [0.05, 0.1) is 6.54 Å². The van der Waals surface area contributed by atoms with E-state index in [2.05, 4.69) is 50.3 Å². The van der Waals surface area contributed by atoms with Crippen LogP contribution in [0.15, 0.2) is 34.7 Å². The maximum absolute atomic E-state index is 5.71. The van der Waals surface area contributed by atoms with Crippen molar-refractivity contribution in [1.82, 2.24) is 20.0 Å². The van der Waals surface area contributed by atoms with Gasteiger partial charge in [0.25, 0.3) is 0 Å². The van der Waals surface area contributed by atoms with Gasteiger partial charge in [-0.25, -0.2) is 0 Å². The van der Waals surface area contributed by atoms with Crippen molar-refractivity contribution in [2.24, 2.45) is 5.92 Å². The maximum atomic E-state index is 5.71. The molecule has 0 amide bonds. The summed E-state index contributed by atoms with van der Waals surface area (Å²) < 4.78 is 5.71. The van der Waals surface area contributed by atoms with Crippen LogP contribution in [0.3, 0.4) is 0 Å². The van der Waals surface area contributed by atoms with E-state index < -0.39 is 0 Å². The number of aryl methyl sites for hydroxylation is 1. The minimum Gasteiger partial charge on any atom is -0.424 e. The molecule has 2 bridgehead atoms. The maximum Gasteiger partial charge on any atom is 0.230 e. The number of fused-ring (bicyclic) bond motifs is 4. The van der Waals surface area contributed by atoms with Gasteiger partial charge in [-0.2, -0.15) is 0 Å². The van der Waals surface area contributed by atoms with Crippen LogP contribution in [-0.4, -0.2) is 45.7 Å². The molecule has 0 N–H and O–H groups in total. The van der Waals surface area contributed by atoms with Crippen LogP contribution < -0.4 is 0 Å². The third-order valence-electron chi connectivity index (χ3n) is 5.30. The molecule has 0 unspecified atom stereocenters. The Morgan fingerprint density at radius 3 is 2.62 bits per heavy atom. The fourth-order valence-electron chi connectivity index (χ4n) is 4.10. The molecule has 0 radical (unpaired) electrons. The second-order valence-electron chi connectivity index (χ2n) is 7.15. The lowest BCUT2D eigenvalue weighted by atomic mass is 9.94. The molecule has 5 heteroatoms. The summed E-state index contributed by atoms with van der Waals surface area (Å²) in [7, 11) is 0. The molecule has 2 aromatic rings. The average molecular weight is 326 g/mol.